The minimum atomic E-state index is -0.374. The van der Waals surface area contributed by atoms with Gasteiger partial charge in [-0.15, -0.1) is 0 Å². The van der Waals surface area contributed by atoms with E-state index >= 15 is 0 Å². The molecule has 0 aromatic heterocycles. The molecule has 4 rings (SSSR count). The van der Waals surface area contributed by atoms with Gasteiger partial charge >= 0.3 is 0 Å². The standard InChI is InChI=1S/C29H25ClN2O4/c1-34-28-17-22(15-16-27(28)36-20-23-11-5-7-13-25(23)30)18-31-32-29(33)24-12-6-8-14-26(24)35-19-21-9-3-2-4-10-21/h2-18H,19-20H2,1H3,(H,32,33)/b31-18+. The molecule has 0 heterocycles. The maximum atomic E-state index is 12.7. The lowest BCUT2D eigenvalue weighted by Crippen LogP contribution is -2.18. The lowest BCUT2D eigenvalue weighted by Gasteiger charge is -2.12. The first-order chi connectivity index (χ1) is 17.6. The third kappa shape index (κ3) is 6.64. The number of methoxy groups -OCH3 is 1. The van der Waals surface area contributed by atoms with Crippen molar-refractivity contribution in [1.82, 2.24) is 5.43 Å². The van der Waals surface area contributed by atoms with Crippen LogP contribution in [0.15, 0.2) is 102 Å². The molecule has 0 aliphatic carbocycles. The average Bonchev–Trinajstić information content (AvgIpc) is 2.92. The lowest BCUT2D eigenvalue weighted by atomic mass is 10.2. The average molecular weight is 501 g/mol. The molecule has 0 saturated heterocycles. The van der Waals surface area contributed by atoms with E-state index in [2.05, 4.69) is 10.5 Å². The molecule has 0 bridgehead atoms. The first kappa shape index (κ1) is 24.8. The van der Waals surface area contributed by atoms with Gasteiger partial charge < -0.3 is 14.2 Å². The molecule has 7 heteroatoms. The molecule has 0 spiro atoms. The fraction of sp³-hybridized carbons (Fsp3) is 0.103. The summed E-state index contributed by atoms with van der Waals surface area (Å²) in [5.41, 5.74) is 5.57. The summed E-state index contributed by atoms with van der Waals surface area (Å²) in [5, 5.41) is 4.74. The fourth-order valence-corrected chi connectivity index (χ4v) is 3.59. The van der Waals surface area contributed by atoms with Gasteiger partial charge in [-0.3, -0.25) is 4.79 Å². The predicted octanol–water partition coefficient (Wildman–Crippen LogP) is 6.27. The fourth-order valence-electron chi connectivity index (χ4n) is 3.40. The highest BCUT2D eigenvalue weighted by molar-refractivity contribution is 6.31. The van der Waals surface area contributed by atoms with Gasteiger partial charge in [0.05, 0.1) is 18.9 Å². The van der Waals surface area contributed by atoms with Gasteiger partial charge in [0.25, 0.3) is 5.91 Å². The Kier molecular flexibility index (Phi) is 8.57. The molecule has 1 N–H and O–H groups in total. The molecule has 4 aromatic rings. The quantitative estimate of drug-likeness (QED) is 0.206. The summed E-state index contributed by atoms with van der Waals surface area (Å²) in [6, 6.07) is 29.7. The van der Waals surface area contributed by atoms with E-state index in [4.69, 9.17) is 25.8 Å². The Hall–Kier alpha value is -4.29. The minimum Gasteiger partial charge on any atom is -0.493 e. The van der Waals surface area contributed by atoms with Crippen LogP contribution in [0, 0.1) is 0 Å². The van der Waals surface area contributed by atoms with Crippen LogP contribution in [0.25, 0.3) is 0 Å². The molecule has 4 aromatic carbocycles. The van der Waals surface area contributed by atoms with Gasteiger partial charge in [-0.1, -0.05) is 72.3 Å². The maximum absolute atomic E-state index is 12.7. The highest BCUT2D eigenvalue weighted by Gasteiger charge is 2.12. The predicted molar refractivity (Wildman–Crippen MR) is 141 cm³/mol. The molecule has 0 fully saturated rings. The number of nitrogens with zero attached hydrogens (tertiary/aromatic N) is 1. The molecular weight excluding hydrogens is 476 g/mol. The topological polar surface area (TPSA) is 69.2 Å². The Morgan fingerprint density at radius 1 is 0.833 bits per heavy atom. The van der Waals surface area contributed by atoms with Gasteiger partial charge in [-0.25, -0.2) is 5.43 Å². The van der Waals surface area contributed by atoms with Gasteiger partial charge in [-0.2, -0.15) is 5.10 Å². The lowest BCUT2D eigenvalue weighted by molar-refractivity contribution is 0.0950. The number of rotatable bonds is 10. The highest BCUT2D eigenvalue weighted by atomic mass is 35.5. The molecular formula is C29H25ClN2O4. The second-order valence-corrected chi connectivity index (χ2v) is 8.17. The zero-order chi connectivity index (χ0) is 25.2. The normalized spacial score (nSPS) is 10.7. The number of hydrogen-bond acceptors (Lipinski definition) is 5. The number of hydrogen-bond donors (Lipinski definition) is 1. The third-order valence-corrected chi connectivity index (χ3v) is 5.65. The molecule has 36 heavy (non-hydrogen) atoms. The van der Waals surface area contributed by atoms with Gasteiger partial charge in [0.1, 0.15) is 19.0 Å². The summed E-state index contributed by atoms with van der Waals surface area (Å²) < 4.78 is 17.2. The van der Waals surface area contributed by atoms with Crippen molar-refractivity contribution in [3.8, 4) is 17.2 Å². The summed E-state index contributed by atoms with van der Waals surface area (Å²) in [7, 11) is 1.56. The summed E-state index contributed by atoms with van der Waals surface area (Å²) in [5.74, 6) is 1.22. The highest BCUT2D eigenvalue weighted by Crippen LogP contribution is 2.29. The summed E-state index contributed by atoms with van der Waals surface area (Å²) >= 11 is 6.20. The van der Waals surface area contributed by atoms with E-state index < -0.39 is 0 Å². The number of benzene rings is 4. The van der Waals surface area contributed by atoms with Crippen LogP contribution in [0.3, 0.4) is 0 Å². The van der Waals surface area contributed by atoms with Crippen LogP contribution in [0.5, 0.6) is 17.2 Å². The number of amides is 1. The van der Waals surface area contributed by atoms with Gasteiger partial charge in [0, 0.05) is 10.6 Å². The van der Waals surface area contributed by atoms with Crippen molar-refractivity contribution in [3.63, 3.8) is 0 Å². The van der Waals surface area contributed by atoms with Crippen molar-refractivity contribution in [2.24, 2.45) is 5.10 Å². The second kappa shape index (κ2) is 12.4. The second-order valence-electron chi connectivity index (χ2n) is 7.76. The van der Waals surface area contributed by atoms with Crippen LogP contribution in [-0.2, 0) is 13.2 Å². The zero-order valence-electron chi connectivity index (χ0n) is 19.7. The molecule has 0 atom stereocenters. The first-order valence-corrected chi connectivity index (χ1v) is 11.7. The van der Waals surface area contributed by atoms with Crippen LogP contribution in [0.2, 0.25) is 5.02 Å². The van der Waals surface area contributed by atoms with Crippen LogP contribution in [0.1, 0.15) is 27.0 Å². The van der Waals surface area contributed by atoms with E-state index in [9.17, 15) is 4.79 Å². The van der Waals surface area contributed by atoms with Crippen molar-refractivity contribution in [2.75, 3.05) is 7.11 Å². The Labute approximate surface area is 215 Å². The van der Waals surface area contributed by atoms with Crippen LogP contribution in [0.4, 0.5) is 0 Å². The maximum Gasteiger partial charge on any atom is 0.275 e. The number of halogens is 1. The molecule has 0 aliphatic rings. The first-order valence-electron chi connectivity index (χ1n) is 11.3. The Morgan fingerprint density at radius 3 is 2.36 bits per heavy atom. The summed E-state index contributed by atoms with van der Waals surface area (Å²) in [6.07, 6.45) is 1.53. The van der Waals surface area contributed by atoms with Crippen molar-refractivity contribution in [2.45, 2.75) is 13.2 Å². The van der Waals surface area contributed by atoms with E-state index in [0.29, 0.717) is 41.0 Å². The minimum absolute atomic E-state index is 0.311. The molecule has 0 unspecified atom stereocenters. The van der Waals surface area contributed by atoms with E-state index in [1.165, 1.54) is 6.21 Å². The molecule has 182 valence electrons. The Bertz CT molecular complexity index is 1340. The van der Waals surface area contributed by atoms with Crippen LogP contribution < -0.4 is 19.6 Å². The number of carbonyl (C=O) groups excluding carboxylic acids is 1. The smallest absolute Gasteiger partial charge is 0.275 e. The molecule has 0 saturated carbocycles. The van der Waals surface area contributed by atoms with Crippen LogP contribution >= 0.6 is 11.6 Å². The van der Waals surface area contributed by atoms with Gasteiger partial charge in [0.2, 0.25) is 0 Å². The third-order valence-electron chi connectivity index (χ3n) is 5.28. The van der Waals surface area contributed by atoms with E-state index in [1.54, 1.807) is 37.4 Å². The SMILES string of the molecule is COc1cc(/C=N/NC(=O)c2ccccc2OCc2ccccc2)ccc1OCc1ccccc1Cl. The van der Waals surface area contributed by atoms with E-state index in [0.717, 1.165) is 16.7 Å². The van der Waals surface area contributed by atoms with Crippen molar-refractivity contribution in [1.29, 1.82) is 0 Å². The number of hydrazone groups is 1. The van der Waals surface area contributed by atoms with Crippen LogP contribution in [-0.4, -0.2) is 19.2 Å². The molecule has 0 radical (unpaired) electrons. The van der Waals surface area contributed by atoms with Crippen molar-refractivity contribution < 1.29 is 19.0 Å². The summed E-state index contributed by atoms with van der Waals surface area (Å²) in [4.78, 5) is 12.7. The number of carbonyl (C=O) groups is 1. The van der Waals surface area contributed by atoms with Gasteiger partial charge in [-0.05, 0) is 47.5 Å². The Balaban J connectivity index is 1.37. The van der Waals surface area contributed by atoms with Gasteiger partial charge in [0.15, 0.2) is 11.5 Å². The van der Waals surface area contributed by atoms with Crippen molar-refractivity contribution in [3.05, 3.63) is 124 Å². The zero-order valence-corrected chi connectivity index (χ0v) is 20.4. The summed E-state index contributed by atoms with van der Waals surface area (Å²) in [6.45, 7) is 0.671. The Morgan fingerprint density at radius 2 is 1.56 bits per heavy atom. The number of ether oxygens (including phenoxy) is 3. The largest absolute Gasteiger partial charge is 0.493 e. The molecule has 6 nitrogen and oxygen atoms in total. The molecule has 0 aliphatic heterocycles. The van der Waals surface area contributed by atoms with Crippen molar-refractivity contribution >= 4 is 23.7 Å². The number of nitrogens with one attached hydrogen (secondary N) is 1. The monoisotopic (exact) mass is 500 g/mol. The van der Waals surface area contributed by atoms with E-state index in [-0.39, 0.29) is 5.91 Å². The molecule has 1 amide bonds. The van der Waals surface area contributed by atoms with E-state index in [1.807, 2.05) is 66.7 Å². The number of para-hydroxylation sites is 1.